The first-order chi connectivity index (χ1) is 8.49. The van der Waals surface area contributed by atoms with Gasteiger partial charge in [0.05, 0.1) is 16.0 Å². The highest BCUT2D eigenvalue weighted by molar-refractivity contribution is 6.30. The molecule has 1 saturated heterocycles. The summed E-state index contributed by atoms with van der Waals surface area (Å²) in [5.41, 5.74) is -0.0891. The highest BCUT2D eigenvalue weighted by Crippen LogP contribution is 2.32. The van der Waals surface area contributed by atoms with Crippen LogP contribution >= 0.6 is 11.6 Å². The number of hydrogen-bond donors (Lipinski definition) is 1. The Kier molecular flexibility index (Phi) is 3.68. The maximum absolute atomic E-state index is 11.0. The molecule has 1 aliphatic heterocycles. The molecule has 2 unspecified atom stereocenters. The molecule has 1 aliphatic rings. The fourth-order valence-corrected chi connectivity index (χ4v) is 2.32. The van der Waals surface area contributed by atoms with Gasteiger partial charge in [-0.15, -0.1) is 0 Å². The van der Waals surface area contributed by atoms with Crippen molar-refractivity contribution in [1.82, 2.24) is 4.98 Å². The van der Waals surface area contributed by atoms with Crippen LogP contribution in [0.25, 0.3) is 0 Å². The van der Waals surface area contributed by atoms with Crippen molar-refractivity contribution in [3.8, 4) is 0 Å². The molecule has 1 aromatic rings. The van der Waals surface area contributed by atoms with Crippen molar-refractivity contribution in [1.29, 1.82) is 0 Å². The van der Waals surface area contributed by atoms with Crippen LogP contribution in [0.1, 0.15) is 13.3 Å². The summed E-state index contributed by atoms with van der Waals surface area (Å²) >= 11 is 5.72. The number of rotatable bonds is 3. The Morgan fingerprint density at radius 2 is 2.44 bits per heavy atom. The molecular weight excluding hydrogens is 258 g/mol. The summed E-state index contributed by atoms with van der Waals surface area (Å²) in [4.78, 5) is 16.4. The standard InChI is InChI=1S/C11H14ClN3O3/c1-7(16)8-2-3-14(6-8)11-10(15(17)18)4-9(12)5-13-11/h4-5,7-8,16H,2-3,6H2,1H3. The highest BCUT2D eigenvalue weighted by atomic mass is 35.5. The summed E-state index contributed by atoms with van der Waals surface area (Å²) in [6, 6.07) is 1.31. The van der Waals surface area contributed by atoms with Crippen LogP contribution in [0, 0.1) is 16.0 Å². The van der Waals surface area contributed by atoms with Gasteiger partial charge in [-0.05, 0) is 13.3 Å². The fraction of sp³-hybridized carbons (Fsp3) is 0.545. The number of halogens is 1. The van der Waals surface area contributed by atoms with E-state index in [1.165, 1.54) is 12.3 Å². The van der Waals surface area contributed by atoms with Gasteiger partial charge in [0.1, 0.15) is 0 Å². The summed E-state index contributed by atoms with van der Waals surface area (Å²) in [6.45, 7) is 2.97. The third kappa shape index (κ3) is 2.54. The minimum Gasteiger partial charge on any atom is -0.393 e. The zero-order chi connectivity index (χ0) is 13.3. The molecule has 0 saturated carbocycles. The topological polar surface area (TPSA) is 79.5 Å². The number of aliphatic hydroxyl groups is 1. The second kappa shape index (κ2) is 5.07. The van der Waals surface area contributed by atoms with Gasteiger partial charge in [0.15, 0.2) is 0 Å². The lowest BCUT2D eigenvalue weighted by molar-refractivity contribution is -0.384. The molecule has 2 rings (SSSR count). The number of nitro groups is 1. The Morgan fingerprint density at radius 1 is 1.72 bits per heavy atom. The molecule has 0 spiro atoms. The van der Waals surface area contributed by atoms with Crippen LogP contribution in [-0.4, -0.2) is 34.2 Å². The summed E-state index contributed by atoms with van der Waals surface area (Å²) < 4.78 is 0. The van der Waals surface area contributed by atoms with Gasteiger partial charge in [-0.25, -0.2) is 4.98 Å². The van der Waals surface area contributed by atoms with E-state index >= 15 is 0 Å². The Hall–Kier alpha value is -1.40. The highest BCUT2D eigenvalue weighted by Gasteiger charge is 2.31. The predicted molar refractivity (Wildman–Crippen MR) is 67.9 cm³/mol. The molecule has 18 heavy (non-hydrogen) atoms. The summed E-state index contributed by atoms with van der Waals surface area (Å²) in [7, 11) is 0. The first-order valence-electron chi connectivity index (χ1n) is 5.72. The Morgan fingerprint density at radius 3 is 3.00 bits per heavy atom. The van der Waals surface area contributed by atoms with Crippen molar-refractivity contribution < 1.29 is 10.0 Å². The van der Waals surface area contributed by atoms with Gasteiger partial charge in [-0.1, -0.05) is 11.6 Å². The molecule has 1 fully saturated rings. The predicted octanol–water partition coefficient (Wildman–Crippen LogP) is 1.85. The number of hydrogen-bond acceptors (Lipinski definition) is 5. The second-order valence-electron chi connectivity index (χ2n) is 4.49. The molecular formula is C11H14ClN3O3. The van der Waals surface area contributed by atoms with E-state index in [0.29, 0.717) is 18.9 Å². The quantitative estimate of drug-likeness (QED) is 0.670. The van der Waals surface area contributed by atoms with Crippen molar-refractivity contribution in [3.63, 3.8) is 0 Å². The Bertz CT molecular complexity index is 467. The van der Waals surface area contributed by atoms with Crippen molar-refractivity contribution in [3.05, 3.63) is 27.4 Å². The lowest BCUT2D eigenvalue weighted by atomic mass is 10.0. The minimum atomic E-state index is -0.482. The SMILES string of the molecule is CC(O)C1CCN(c2ncc(Cl)cc2[N+](=O)[O-])C1. The molecule has 1 aromatic heterocycles. The van der Waals surface area contributed by atoms with Gasteiger partial charge in [0.25, 0.3) is 0 Å². The normalized spacial score (nSPS) is 21.1. The van der Waals surface area contributed by atoms with Crippen molar-refractivity contribution in [2.45, 2.75) is 19.4 Å². The molecule has 98 valence electrons. The maximum atomic E-state index is 11.0. The van der Waals surface area contributed by atoms with Crippen molar-refractivity contribution in [2.24, 2.45) is 5.92 Å². The van der Waals surface area contributed by atoms with E-state index in [-0.39, 0.29) is 16.6 Å². The molecule has 0 aliphatic carbocycles. The van der Waals surface area contributed by atoms with E-state index in [4.69, 9.17) is 11.6 Å². The Labute approximate surface area is 109 Å². The molecule has 2 atom stereocenters. The second-order valence-corrected chi connectivity index (χ2v) is 4.93. The van der Waals surface area contributed by atoms with Crippen LogP contribution in [0.5, 0.6) is 0 Å². The third-order valence-corrected chi connectivity index (χ3v) is 3.42. The number of aromatic nitrogens is 1. The van der Waals surface area contributed by atoms with Crippen LogP contribution in [-0.2, 0) is 0 Å². The van der Waals surface area contributed by atoms with Gasteiger partial charge in [-0.3, -0.25) is 10.1 Å². The summed E-state index contributed by atoms with van der Waals surface area (Å²) in [5.74, 6) is 0.453. The number of nitrogens with zero attached hydrogens (tertiary/aromatic N) is 3. The third-order valence-electron chi connectivity index (χ3n) is 3.22. The smallest absolute Gasteiger partial charge is 0.313 e. The van der Waals surface area contributed by atoms with Crippen LogP contribution in [0.15, 0.2) is 12.3 Å². The average Bonchev–Trinajstić information content (AvgIpc) is 2.78. The average molecular weight is 272 g/mol. The molecule has 0 radical (unpaired) electrons. The zero-order valence-corrected chi connectivity index (χ0v) is 10.7. The van der Waals surface area contributed by atoms with Crippen LogP contribution in [0.4, 0.5) is 11.5 Å². The lowest BCUT2D eigenvalue weighted by Gasteiger charge is -2.18. The van der Waals surface area contributed by atoms with Crippen LogP contribution in [0.2, 0.25) is 5.02 Å². The maximum Gasteiger partial charge on any atom is 0.313 e. The van der Waals surface area contributed by atoms with E-state index in [2.05, 4.69) is 4.98 Å². The van der Waals surface area contributed by atoms with Gasteiger partial charge in [0, 0.05) is 31.3 Å². The minimum absolute atomic E-state index is 0.0891. The van der Waals surface area contributed by atoms with E-state index in [9.17, 15) is 15.2 Å². The first kappa shape index (κ1) is 13.0. The van der Waals surface area contributed by atoms with E-state index in [1.54, 1.807) is 6.92 Å². The lowest BCUT2D eigenvalue weighted by Crippen LogP contribution is -2.25. The van der Waals surface area contributed by atoms with Gasteiger partial charge >= 0.3 is 5.69 Å². The van der Waals surface area contributed by atoms with E-state index in [1.807, 2.05) is 4.90 Å². The number of pyridine rings is 1. The fourth-order valence-electron chi connectivity index (χ4n) is 2.17. The number of aliphatic hydroxyl groups excluding tert-OH is 1. The molecule has 0 amide bonds. The van der Waals surface area contributed by atoms with E-state index in [0.717, 1.165) is 6.42 Å². The van der Waals surface area contributed by atoms with Gasteiger partial charge in [-0.2, -0.15) is 0 Å². The molecule has 2 heterocycles. The Balaban J connectivity index is 2.27. The van der Waals surface area contributed by atoms with Crippen molar-refractivity contribution >= 4 is 23.1 Å². The monoisotopic (exact) mass is 271 g/mol. The molecule has 0 bridgehead atoms. The van der Waals surface area contributed by atoms with Gasteiger partial charge < -0.3 is 10.0 Å². The van der Waals surface area contributed by atoms with E-state index < -0.39 is 11.0 Å². The summed E-state index contributed by atoms with van der Waals surface area (Å²) in [6.07, 6.45) is 1.79. The largest absolute Gasteiger partial charge is 0.393 e. The zero-order valence-electron chi connectivity index (χ0n) is 9.91. The molecule has 1 N–H and O–H groups in total. The van der Waals surface area contributed by atoms with Crippen LogP contribution in [0.3, 0.4) is 0 Å². The van der Waals surface area contributed by atoms with Crippen molar-refractivity contribution in [2.75, 3.05) is 18.0 Å². The molecule has 0 aromatic carbocycles. The summed E-state index contributed by atoms with van der Waals surface area (Å²) in [5, 5.41) is 20.8. The molecule has 6 nitrogen and oxygen atoms in total. The van der Waals surface area contributed by atoms with Crippen LogP contribution < -0.4 is 4.90 Å². The molecule has 7 heteroatoms. The number of anilines is 1. The van der Waals surface area contributed by atoms with Gasteiger partial charge in [0.2, 0.25) is 5.82 Å². The first-order valence-corrected chi connectivity index (χ1v) is 6.09.